The maximum absolute atomic E-state index is 15.6. The third kappa shape index (κ3) is 7.75. The summed E-state index contributed by atoms with van der Waals surface area (Å²) in [5.41, 5.74) is -2.85. The maximum Gasteiger partial charge on any atom is 0.435 e. The number of nitrogens with zero attached hydrogens (tertiary/aromatic N) is 6. The molecule has 4 aromatic heterocycles. The molecule has 2 aromatic carbocycles. The average Bonchev–Trinajstić information content (AvgIpc) is 3.39. The number of carbonyl (C=O) groups is 1. The van der Waals surface area contributed by atoms with Crippen molar-refractivity contribution in [3.63, 3.8) is 0 Å². The summed E-state index contributed by atoms with van der Waals surface area (Å²) in [5, 5.41) is 24.8. The highest BCUT2D eigenvalue weighted by Gasteiger charge is 2.57. The van der Waals surface area contributed by atoms with Gasteiger partial charge in [-0.15, -0.1) is 0 Å². The molecule has 2 aliphatic rings. The van der Waals surface area contributed by atoms with E-state index in [2.05, 4.69) is 30.5 Å². The van der Waals surface area contributed by atoms with E-state index in [4.69, 9.17) is 4.98 Å². The Hall–Kier alpha value is -5.35. The zero-order valence-corrected chi connectivity index (χ0v) is 33.8. The van der Waals surface area contributed by atoms with Crippen molar-refractivity contribution in [1.29, 1.82) is 0 Å². The van der Waals surface area contributed by atoms with Gasteiger partial charge >= 0.3 is 6.18 Å². The Morgan fingerprint density at radius 3 is 2.40 bits per heavy atom. The van der Waals surface area contributed by atoms with Crippen molar-refractivity contribution in [3.8, 4) is 11.1 Å². The number of carbonyl (C=O) groups excluding carboxylic acids is 1. The van der Waals surface area contributed by atoms with Crippen LogP contribution in [0.4, 0.5) is 41.7 Å². The van der Waals surface area contributed by atoms with Crippen LogP contribution >= 0.6 is 11.3 Å². The number of thiazole rings is 1. The van der Waals surface area contributed by atoms with E-state index in [-0.39, 0.29) is 35.7 Å². The number of nitrogens with one attached hydrogen (secondary N) is 3. The molecule has 60 heavy (non-hydrogen) atoms. The van der Waals surface area contributed by atoms with Crippen LogP contribution in [0.3, 0.4) is 0 Å². The first kappa shape index (κ1) is 41.4. The number of aromatic nitrogens is 6. The highest BCUT2D eigenvalue weighted by Crippen LogP contribution is 2.55. The number of alkyl halides is 5. The Kier molecular flexibility index (Phi) is 9.93. The van der Waals surface area contributed by atoms with Gasteiger partial charge in [-0.2, -0.15) is 32.1 Å². The zero-order valence-electron chi connectivity index (χ0n) is 32.1. The van der Waals surface area contributed by atoms with Crippen molar-refractivity contribution in [2.24, 2.45) is 13.0 Å². The van der Waals surface area contributed by atoms with Crippen molar-refractivity contribution in [3.05, 3.63) is 82.3 Å². The first-order valence-electron chi connectivity index (χ1n) is 18.5. The number of anilines is 2. The number of amides is 1. The standard InChI is InChI=1S/C38H36F7N9O4S2/c1-17-18(2)37(41,42)32-28(17)31(38(43,44)45)50-54(32)15-27(55)47-25(12-19-10-20(39)13-21(40)11-19)29-24(14-26-34(48-29)49-35(59-26)46-16-36(56)8-9-36)22-6-5-7-23-30(22)53(3)51-33(23)52-60(4,57)58/h5-7,10-11,13-14,17-18,25,56H,8-9,12,15-16H2,1-4H3,(H,47,55)(H,51,52)(H,46,48,49)/t17-,18+,25-/m0/s1. The lowest BCUT2D eigenvalue weighted by Gasteiger charge is -2.23. The second-order valence-electron chi connectivity index (χ2n) is 15.5. The summed E-state index contributed by atoms with van der Waals surface area (Å²) in [7, 11) is -2.23. The molecule has 4 heterocycles. The van der Waals surface area contributed by atoms with E-state index in [1.54, 1.807) is 31.3 Å². The predicted octanol–water partition coefficient (Wildman–Crippen LogP) is 6.99. The molecule has 3 atom stereocenters. The fourth-order valence-corrected chi connectivity index (χ4v) is 9.07. The summed E-state index contributed by atoms with van der Waals surface area (Å²) < 4.78 is 132. The van der Waals surface area contributed by atoms with Crippen LogP contribution in [0, 0.1) is 17.6 Å². The molecule has 8 rings (SSSR count). The molecule has 6 aromatic rings. The van der Waals surface area contributed by atoms with Crippen molar-refractivity contribution in [2.75, 3.05) is 22.8 Å². The van der Waals surface area contributed by atoms with Gasteiger partial charge < -0.3 is 15.7 Å². The van der Waals surface area contributed by atoms with Gasteiger partial charge in [-0.3, -0.25) is 18.9 Å². The summed E-state index contributed by atoms with van der Waals surface area (Å²) in [6, 6.07) is 7.89. The van der Waals surface area contributed by atoms with Gasteiger partial charge in [-0.05, 0) is 55.0 Å². The summed E-state index contributed by atoms with van der Waals surface area (Å²) in [6.07, 6.45) is -3.33. The molecular formula is C38H36F7N9O4S2. The number of para-hydroxylation sites is 1. The molecule has 0 bridgehead atoms. The van der Waals surface area contributed by atoms with Gasteiger partial charge in [-0.1, -0.05) is 37.3 Å². The van der Waals surface area contributed by atoms with E-state index >= 15 is 8.78 Å². The van der Waals surface area contributed by atoms with E-state index < -0.39 is 86.6 Å². The summed E-state index contributed by atoms with van der Waals surface area (Å²) in [5.74, 6) is -9.54. The summed E-state index contributed by atoms with van der Waals surface area (Å²) >= 11 is 1.19. The second kappa shape index (κ2) is 14.4. The lowest BCUT2D eigenvalue weighted by molar-refractivity contribution is -0.143. The Bertz CT molecular complexity index is 2800. The third-order valence-corrected chi connectivity index (χ3v) is 12.4. The van der Waals surface area contributed by atoms with Crippen LogP contribution < -0.4 is 15.4 Å². The van der Waals surface area contributed by atoms with E-state index in [0.717, 1.165) is 25.3 Å². The summed E-state index contributed by atoms with van der Waals surface area (Å²) in [4.78, 5) is 23.5. The number of pyridine rings is 1. The van der Waals surface area contributed by atoms with Gasteiger partial charge in [0.2, 0.25) is 15.9 Å². The van der Waals surface area contributed by atoms with Gasteiger partial charge in [0.05, 0.1) is 33.8 Å². The molecule has 0 aliphatic heterocycles. The highest BCUT2D eigenvalue weighted by atomic mass is 32.2. The van der Waals surface area contributed by atoms with Crippen molar-refractivity contribution in [2.45, 2.75) is 69.3 Å². The normalized spacial score (nSPS) is 18.8. The van der Waals surface area contributed by atoms with Crippen LogP contribution in [0.1, 0.15) is 66.9 Å². The topological polar surface area (TPSA) is 169 Å². The minimum atomic E-state index is -5.11. The third-order valence-electron chi connectivity index (χ3n) is 10.9. The number of sulfonamides is 1. The number of hydrogen-bond acceptors (Lipinski definition) is 10. The summed E-state index contributed by atoms with van der Waals surface area (Å²) in [6.45, 7) is 1.46. The Morgan fingerprint density at radius 2 is 1.75 bits per heavy atom. The second-order valence-corrected chi connectivity index (χ2v) is 18.2. The Labute approximate surface area is 341 Å². The molecule has 0 spiro atoms. The number of halogens is 7. The average molecular weight is 880 g/mol. The number of benzene rings is 2. The molecule has 13 nitrogen and oxygen atoms in total. The lowest BCUT2D eigenvalue weighted by Crippen LogP contribution is -2.35. The van der Waals surface area contributed by atoms with Crippen LogP contribution in [0.5, 0.6) is 0 Å². The number of rotatable bonds is 12. The molecule has 0 saturated heterocycles. The zero-order chi connectivity index (χ0) is 43.3. The number of aryl methyl sites for hydroxylation is 1. The molecule has 318 valence electrons. The van der Waals surface area contributed by atoms with E-state index in [1.807, 2.05) is 0 Å². The first-order chi connectivity index (χ1) is 28.0. The van der Waals surface area contributed by atoms with Gasteiger partial charge in [0.25, 0.3) is 5.92 Å². The molecule has 0 radical (unpaired) electrons. The van der Waals surface area contributed by atoms with Crippen LogP contribution in [0.15, 0.2) is 42.5 Å². The number of fused-ring (bicyclic) bond motifs is 3. The lowest BCUT2D eigenvalue weighted by atomic mass is 9.94. The highest BCUT2D eigenvalue weighted by molar-refractivity contribution is 7.92. The monoisotopic (exact) mass is 879 g/mol. The van der Waals surface area contributed by atoms with Crippen LogP contribution in [-0.2, 0) is 46.9 Å². The molecular weight excluding hydrogens is 844 g/mol. The van der Waals surface area contributed by atoms with Crippen molar-refractivity contribution >= 4 is 59.5 Å². The fourth-order valence-electron chi connectivity index (χ4n) is 7.72. The molecule has 2 aliphatic carbocycles. The van der Waals surface area contributed by atoms with Gasteiger partial charge in [0, 0.05) is 47.7 Å². The Balaban J connectivity index is 1.28. The van der Waals surface area contributed by atoms with Crippen molar-refractivity contribution < 1.29 is 49.1 Å². The molecule has 1 amide bonds. The van der Waals surface area contributed by atoms with Gasteiger partial charge in [-0.25, -0.2) is 27.2 Å². The number of hydrogen-bond donors (Lipinski definition) is 4. The SMILES string of the molecule is C[C@@H]1c2c(C(F)(F)F)nn(CC(=O)N[C@@H](Cc3cc(F)cc(F)c3)c3nc4nc(NCC5(O)CC5)sc4cc3-c3cccc4c(NS(C)(=O)=O)nn(C)c34)c2C(F)(F)[C@@H]1C. The maximum atomic E-state index is 15.6. The minimum absolute atomic E-state index is 0.000213. The molecule has 0 unspecified atom stereocenters. The van der Waals surface area contributed by atoms with E-state index in [1.165, 1.54) is 22.9 Å². The largest absolute Gasteiger partial charge is 0.435 e. The number of aliphatic hydroxyl groups is 1. The van der Waals surface area contributed by atoms with Gasteiger partial charge in [0.1, 0.15) is 23.9 Å². The van der Waals surface area contributed by atoms with Crippen LogP contribution in [0.25, 0.3) is 32.4 Å². The quantitative estimate of drug-likeness (QED) is 0.0948. The fraction of sp³-hybridized carbons (Fsp3) is 0.395. The first-order valence-corrected chi connectivity index (χ1v) is 21.2. The molecule has 22 heteroatoms. The van der Waals surface area contributed by atoms with Gasteiger partial charge in [0.15, 0.2) is 22.3 Å². The Morgan fingerprint density at radius 1 is 1.05 bits per heavy atom. The smallest absolute Gasteiger partial charge is 0.388 e. The minimum Gasteiger partial charge on any atom is -0.388 e. The van der Waals surface area contributed by atoms with Crippen molar-refractivity contribution in [1.82, 2.24) is 34.8 Å². The van der Waals surface area contributed by atoms with Crippen LogP contribution in [-0.4, -0.2) is 67.4 Å². The van der Waals surface area contributed by atoms with E-state index in [9.17, 15) is 40.3 Å². The molecule has 1 saturated carbocycles. The predicted molar refractivity (Wildman–Crippen MR) is 208 cm³/mol. The van der Waals surface area contributed by atoms with Crippen LogP contribution in [0.2, 0.25) is 0 Å². The van der Waals surface area contributed by atoms with E-state index in [0.29, 0.717) is 55.5 Å². The molecule has 4 N–H and O–H groups in total. The molecule has 1 fully saturated rings.